The number of carbonyl (C=O) groups is 2. The van der Waals surface area contributed by atoms with Crippen LogP contribution in [0.15, 0.2) is 24.3 Å². The molecular weight excluding hydrogens is 337 g/mol. The molecule has 0 saturated carbocycles. The number of halogens is 4. The maximum atomic E-state index is 13.6. The lowest BCUT2D eigenvalue weighted by molar-refractivity contribution is -0.207. The van der Waals surface area contributed by atoms with Crippen molar-refractivity contribution in [2.75, 3.05) is 11.9 Å². The topological polar surface area (TPSA) is 67.4 Å². The van der Waals surface area contributed by atoms with Gasteiger partial charge in [0.15, 0.2) is 0 Å². The summed E-state index contributed by atoms with van der Waals surface area (Å²) >= 11 is 5.84. The van der Waals surface area contributed by atoms with Crippen LogP contribution in [0.4, 0.5) is 18.9 Å². The number of hydrogen-bond acceptors (Lipinski definition) is 4. The SMILES string of the molecule is CCOC(=O)[C@@](NC(=O)CC)(Nc1ccccc1Cl)C(F)(F)F. The van der Waals surface area contributed by atoms with Gasteiger partial charge in [0.25, 0.3) is 0 Å². The highest BCUT2D eigenvalue weighted by molar-refractivity contribution is 6.33. The van der Waals surface area contributed by atoms with E-state index in [9.17, 15) is 22.8 Å². The molecule has 0 heterocycles. The predicted octanol–water partition coefficient (Wildman–Crippen LogP) is 3.10. The molecule has 0 aliphatic rings. The highest BCUT2D eigenvalue weighted by atomic mass is 35.5. The van der Waals surface area contributed by atoms with Gasteiger partial charge >= 0.3 is 17.8 Å². The molecule has 1 aromatic rings. The van der Waals surface area contributed by atoms with E-state index in [1.54, 1.807) is 5.32 Å². The van der Waals surface area contributed by atoms with E-state index in [1.807, 2.05) is 5.32 Å². The first-order chi connectivity index (χ1) is 10.7. The molecule has 1 amide bonds. The van der Waals surface area contributed by atoms with Crippen LogP contribution in [0, 0.1) is 0 Å². The van der Waals surface area contributed by atoms with Gasteiger partial charge in [-0.2, -0.15) is 13.2 Å². The number of anilines is 1. The molecule has 5 nitrogen and oxygen atoms in total. The summed E-state index contributed by atoms with van der Waals surface area (Å²) < 4.78 is 45.4. The minimum atomic E-state index is -5.16. The Morgan fingerprint density at radius 2 is 1.83 bits per heavy atom. The van der Waals surface area contributed by atoms with Crippen molar-refractivity contribution in [2.45, 2.75) is 32.1 Å². The normalized spacial score (nSPS) is 13.8. The zero-order valence-corrected chi connectivity index (χ0v) is 13.2. The third-order valence-corrected chi connectivity index (χ3v) is 3.18. The number of nitrogens with one attached hydrogen (secondary N) is 2. The molecule has 0 spiro atoms. The Labute approximate surface area is 136 Å². The Balaban J connectivity index is 3.39. The van der Waals surface area contributed by atoms with E-state index in [-0.39, 0.29) is 23.7 Å². The Hall–Kier alpha value is -1.96. The average molecular weight is 353 g/mol. The molecule has 0 unspecified atom stereocenters. The van der Waals surface area contributed by atoms with Crippen molar-refractivity contribution in [2.24, 2.45) is 0 Å². The second-order valence-corrected chi connectivity index (χ2v) is 4.88. The van der Waals surface area contributed by atoms with Crippen molar-refractivity contribution in [3.63, 3.8) is 0 Å². The maximum absolute atomic E-state index is 13.6. The smallest absolute Gasteiger partial charge is 0.441 e. The monoisotopic (exact) mass is 352 g/mol. The molecule has 0 aliphatic heterocycles. The van der Waals surface area contributed by atoms with Crippen LogP contribution in [-0.2, 0) is 14.3 Å². The fourth-order valence-corrected chi connectivity index (χ4v) is 1.88. The lowest BCUT2D eigenvalue weighted by Crippen LogP contribution is -2.69. The molecule has 2 N–H and O–H groups in total. The average Bonchev–Trinajstić information content (AvgIpc) is 2.47. The summed E-state index contributed by atoms with van der Waals surface area (Å²) in [4.78, 5) is 23.6. The number of carbonyl (C=O) groups excluding carboxylic acids is 2. The Kier molecular flexibility index (Phi) is 6.26. The number of para-hydroxylation sites is 1. The van der Waals surface area contributed by atoms with Crippen molar-refractivity contribution < 1.29 is 27.5 Å². The second kappa shape index (κ2) is 7.54. The van der Waals surface area contributed by atoms with Crippen LogP contribution in [0.5, 0.6) is 0 Å². The van der Waals surface area contributed by atoms with Gasteiger partial charge in [0.2, 0.25) is 5.91 Å². The number of hydrogen-bond donors (Lipinski definition) is 2. The number of benzene rings is 1. The Bertz CT molecular complexity index is 581. The van der Waals surface area contributed by atoms with E-state index >= 15 is 0 Å². The number of amides is 1. The number of ether oxygens (including phenoxy) is 1. The third-order valence-electron chi connectivity index (χ3n) is 2.85. The molecule has 1 rings (SSSR count). The standard InChI is InChI=1S/C14H16ClF3N2O3/c1-3-11(21)20-13(14(16,17)18,12(22)23-4-2)19-10-8-6-5-7-9(10)15/h5-8,19H,3-4H2,1-2H3,(H,20,21)/t13-/m0/s1. The maximum Gasteiger partial charge on any atom is 0.441 e. The van der Waals surface area contributed by atoms with Crippen LogP contribution in [0.2, 0.25) is 5.02 Å². The zero-order valence-electron chi connectivity index (χ0n) is 12.5. The number of rotatable bonds is 6. The summed E-state index contributed by atoms with van der Waals surface area (Å²) in [6, 6.07) is 5.54. The fraction of sp³-hybridized carbons (Fsp3) is 0.429. The van der Waals surface area contributed by atoms with Gasteiger partial charge in [-0.05, 0) is 19.1 Å². The molecule has 1 atom stereocenters. The van der Waals surface area contributed by atoms with Gasteiger partial charge in [-0.3, -0.25) is 4.79 Å². The lowest BCUT2D eigenvalue weighted by atomic mass is 10.1. The molecule has 9 heteroatoms. The molecule has 0 bridgehead atoms. The van der Waals surface area contributed by atoms with Gasteiger partial charge in [-0.15, -0.1) is 0 Å². The quantitative estimate of drug-likeness (QED) is 0.610. The van der Waals surface area contributed by atoms with Crippen LogP contribution in [-0.4, -0.2) is 30.3 Å². The Morgan fingerprint density at radius 3 is 2.30 bits per heavy atom. The molecule has 0 aromatic heterocycles. The van der Waals surface area contributed by atoms with E-state index in [0.717, 1.165) is 0 Å². The van der Waals surface area contributed by atoms with Crippen molar-refractivity contribution in [3.05, 3.63) is 29.3 Å². The molecule has 23 heavy (non-hydrogen) atoms. The van der Waals surface area contributed by atoms with Crippen LogP contribution in [0.3, 0.4) is 0 Å². The van der Waals surface area contributed by atoms with Crippen molar-refractivity contribution >= 4 is 29.2 Å². The van der Waals surface area contributed by atoms with Crippen molar-refractivity contribution in [1.82, 2.24) is 5.32 Å². The Morgan fingerprint density at radius 1 is 1.22 bits per heavy atom. The summed E-state index contributed by atoms with van der Waals surface area (Å²) in [5, 5.41) is 3.61. The highest BCUT2D eigenvalue weighted by Crippen LogP contribution is 2.35. The molecule has 0 saturated heterocycles. The first-order valence-corrected chi connectivity index (χ1v) is 7.13. The minimum Gasteiger partial charge on any atom is -0.463 e. The molecule has 128 valence electrons. The lowest BCUT2D eigenvalue weighted by Gasteiger charge is -2.35. The molecule has 1 aromatic carbocycles. The first-order valence-electron chi connectivity index (χ1n) is 6.75. The summed E-state index contributed by atoms with van der Waals surface area (Å²) in [6.07, 6.45) is -5.41. The van der Waals surface area contributed by atoms with Gasteiger partial charge in [-0.25, -0.2) is 4.79 Å². The van der Waals surface area contributed by atoms with Gasteiger partial charge in [0.1, 0.15) is 0 Å². The summed E-state index contributed by atoms with van der Waals surface area (Å²) in [7, 11) is 0. The van der Waals surface area contributed by atoms with E-state index in [4.69, 9.17) is 11.6 Å². The molecular formula is C14H16ClF3N2O3. The summed E-state index contributed by atoms with van der Waals surface area (Å²) in [5.74, 6) is -2.65. The van der Waals surface area contributed by atoms with Gasteiger partial charge in [-0.1, -0.05) is 30.7 Å². The van der Waals surface area contributed by atoms with Gasteiger partial charge in [0.05, 0.1) is 17.3 Å². The summed E-state index contributed by atoms with van der Waals surface area (Å²) in [5.41, 5.74) is -3.60. The molecule has 0 aliphatic carbocycles. The third kappa shape index (κ3) is 4.28. The highest BCUT2D eigenvalue weighted by Gasteiger charge is 2.63. The minimum absolute atomic E-state index is 0.0452. The molecule has 0 radical (unpaired) electrons. The van der Waals surface area contributed by atoms with E-state index in [0.29, 0.717) is 0 Å². The largest absolute Gasteiger partial charge is 0.463 e. The van der Waals surface area contributed by atoms with Crippen molar-refractivity contribution in [1.29, 1.82) is 0 Å². The van der Waals surface area contributed by atoms with E-state index < -0.39 is 23.7 Å². The fourth-order valence-electron chi connectivity index (χ4n) is 1.69. The van der Waals surface area contributed by atoms with Gasteiger partial charge < -0.3 is 15.4 Å². The van der Waals surface area contributed by atoms with Crippen LogP contribution < -0.4 is 10.6 Å². The molecule has 0 fully saturated rings. The first kappa shape index (κ1) is 19.1. The predicted molar refractivity (Wildman–Crippen MR) is 78.9 cm³/mol. The van der Waals surface area contributed by atoms with Crippen LogP contribution in [0.1, 0.15) is 20.3 Å². The van der Waals surface area contributed by atoms with Crippen LogP contribution >= 0.6 is 11.6 Å². The number of esters is 1. The van der Waals surface area contributed by atoms with Crippen molar-refractivity contribution in [3.8, 4) is 0 Å². The van der Waals surface area contributed by atoms with Crippen LogP contribution in [0.25, 0.3) is 0 Å². The van der Waals surface area contributed by atoms with E-state index in [2.05, 4.69) is 4.74 Å². The van der Waals surface area contributed by atoms with E-state index in [1.165, 1.54) is 38.1 Å². The summed E-state index contributed by atoms with van der Waals surface area (Å²) in [6.45, 7) is 2.43. The number of alkyl halides is 3. The second-order valence-electron chi connectivity index (χ2n) is 4.47. The van der Waals surface area contributed by atoms with Gasteiger partial charge in [0, 0.05) is 6.42 Å². The zero-order chi connectivity index (χ0) is 17.7.